The number of pyridine rings is 1. The molecule has 2 heterocycles. The lowest BCUT2D eigenvalue weighted by atomic mass is 10.1. The summed E-state index contributed by atoms with van der Waals surface area (Å²) >= 11 is 0. The van der Waals surface area contributed by atoms with Crippen molar-refractivity contribution in [2.24, 2.45) is 0 Å². The van der Waals surface area contributed by atoms with Crippen LogP contribution in [-0.2, 0) is 6.42 Å². The molecule has 3 nitrogen and oxygen atoms in total. The number of anilines is 1. The Balaban J connectivity index is 1.95. The lowest BCUT2D eigenvalue weighted by molar-refractivity contribution is 0.626. The average Bonchev–Trinajstić information content (AvgIpc) is 2.70. The Kier molecular flexibility index (Phi) is 2.48. The van der Waals surface area contributed by atoms with Gasteiger partial charge in [0.2, 0.25) is 0 Å². The molecule has 0 fully saturated rings. The maximum Gasteiger partial charge on any atom is 0.139 e. The largest absolute Gasteiger partial charge is 0.399 e. The third kappa shape index (κ3) is 2.05. The van der Waals surface area contributed by atoms with Gasteiger partial charge in [0.1, 0.15) is 11.5 Å². The normalized spacial score (nSPS) is 10.9. The van der Waals surface area contributed by atoms with Gasteiger partial charge in [0.15, 0.2) is 0 Å². The van der Waals surface area contributed by atoms with Crippen molar-refractivity contribution in [2.75, 3.05) is 5.73 Å². The van der Waals surface area contributed by atoms with Crippen LogP contribution in [0.4, 0.5) is 10.1 Å². The molecule has 0 radical (unpaired) electrons. The standard InChI is InChI=1S/C14H12FN3/c15-11-3-1-2-10(6-11)7-13-9-18-5-4-12(16)8-14(18)17-13/h1-6,8-9H,7,16H2. The van der Waals surface area contributed by atoms with Crippen molar-refractivity contribution in [3.63, 3.8) is 0 Å². The molecule has 3 rings (SSSR count). The van der Waals surface area contributed by atoms with Gasteiger partial charge in [-0.05, 0) is 23.8 Å². The number of hydrogen-bond donors (Lipinski definition) is 1. The van der Waals surface area contributed by atoms with Crippen LogP contribution in [0.3, 0.4) is 0 Å². The summed E-state index contributed by atoms with van der Waals surface area (Å²) in [6, 6.07) is 10.2. The van der Waals surface area contributed by atoms with E-state index in [1.165, 1.54) is 12.1 Å². The van der Waals surface area contributed by atoms with Gasteiger partial charge >= 0.3 is 0 Å². The van der Waals surface area contributed by atoms with Crippen molar-refractivity contribution in [2.45, 2.75) is 6.42 Å². The molecule has 0 saturated heterocycles. The highest BCUT2D eigenvalue weighted by molar-refractivity contribution is 5.52. The minimum atomic E-state index is -0.222. The molecule has 0 spiro atoms. The van der Waals surface area contributed by atoms with Gasteiger partial charge in [0, 0.05) is 30.6 Å². The zero-order valence-electron chi connectivity index (χ0n) is 9.68. The Morgan fingerprint density at radius 2 is 2.11 bits per heavy atom. The van der Waals surface area contributed by atoms with Crippen molar-refractivity contribution in [3.05, 3.63) is 65.9 Å². The molecule has 0 saturated carbocycles. The number of benzene rings is 1. The van der Waals surface area contributed by atoms with Crippen LogP contribution in [-0.4, -0.2) is 9.38 Å². The third-order valence-electron chi connectivity index (χ3n) is 2.81. The van der Waals surface area contributed by atoms with Crippen molar-refractivity contribution < 1.29 is 4.39 Å². The van der Waals surface area contributed by atoms with E-state index in [1.807, 2.05) is 35.0 Å². The quantitative estimate of drug-likeness (QED) is 0.749. The Bertz CT molecular complexity index is 703. The molecule has 18 heavy (non-hydrogen) atoms. The molecular weight excluding hydrogens is 229 g/mol. The number of rotatable bonds is 2. The summed E-state index contributed by atoms with van der Waals surface area (Å²) in [5.74, 6) is -0.222. The molecule has 0 amide bonds. The number of fused-ring (bicyclic) bond motifs is 1. The van der Waals surface area contributed by atoms with Crippen LogP contribution in [0.2, 0.25) is 0 Å². The summed E-state index contributed by atoms with van der Waals surface area (Å²) in [5.41, 5.74) is 9.00. The first-order chi connectivity index (χ1) is 8.70. The number of halogens is 1. The van der Waals surface area contributed by atoms with Gasteiger partial charge in [0.05, 0.1) is 5.69 Å². The van der Waals surface area contributed by atoms with Crippen LogP contribution in [0.1, 0.15) is 11.3 Å². The summed E-state index contributed by atoms with van der Waals surface area (Å²) in [7, 11) is 0. The van der Waals surface area contributed by atoms with E-state index in [0.29, 0.717) is 12.1 Å². The molecular formula is C14H12FN3. The van der Waals surface area contributed by atoms with Crippen LogP contribution < -0.4 is 5.73 Å². The molecule has 2 N–H and O–H groups in total. The summed E-state index contributed by atoms with van der Waals surface area (Å²) in [4.78, 5) is 4.46. The Hall–Kier alpha value is -2.36. The Morgan fingerprint density at radius 3 is 2.94 bits per heavy atom. The van der Waals surface area contributed by atoms with Gasteiger partial charge in [-0.1, -0.05) is 12.1 Å². The van der Waals surface area contributed by atoms with Gasteiger partial charge < -0.3 is 10.1 Å². The first kappa shape index (κ1) is 10.8. The summed E-state index contributed by atoms with van der Waals surface area (Å²) in [5, 5.41) is 0. The number of hydrogen-bond acceptors (Lipinski definition) is 2. The van der Waals surface area contributed by atoms with E-state index in [4.69, 9.17) is 5.73 Å². The fraction of sp³-hybridized carbons (Fsp3) is 0.0714. The minimum absolute atomic E-state index is 0.222. The first-order valence-corrected chi connectivity index (χ1v) is 5.68. The molecule has 1 aromatic carbocycles. The van der Waals surface area contributed by atoms with Crippen molar-refractivity contribution in [1.29, 1.82) is 0 Å². The molecule has 0 unspecified atom stereocenters. The summed E-state index contributed by atoms with van der Waals surface area (Å²) < 4.78 is 15.0. The molecule has 90 valence electrons. The molecule has 0 aliphatic rings. The van der Waals surface area contributed by atoms with Crippen LogP contribution in [0.15, 0.2) is 48.8 Å². The van der Waals surface area contributed by atoms with Crippen molar-refractivity contribution >= 4 is 11.3 Å². The van der Waals surface area contributed by atoms with Gasteiger partial charge in [0.25, 0.3) is 0 Å². The summed E-state index contributed by atoms with van der Waals surface area (Å²) in [6.07, 6.45) is 4.41. The molecule has 2 aromatic heterocycles. The van der Waals surface area contributed by atoms with Gasteiger partial charge in [-0.3, -0.25) is 0 Å². The summed E-state index contributed by atoms with van der Waals surface area (Å²) in [6.45, 7) is 0. The van der Waals surface area contributed by atoms with Crippen LogP contribution in [0.25, 0.3) is 5.65 Å². The Morgan fingerprint density at radius 1 is 1.22 bits per heavy atom. The van der Waals surface area contributed by atoms with E-state index in [1.54, 1.807) is 6.07 Å². The lowest BCUT2D eigenvalue weighted by Crippen LogP contribution is -1.88. The third-order valence-corrected chi connectivity index (χ3v) is 2.81. The van der Waals surface area contributed by atoms with E-state index in [0.717, 1.165) is 16.9 Å². The highest BCUT2D eigenvalue weighted by atomic mass is 19.1. The fourth-order valence-corrected chi connectivity index (χ4v) is 1.99. The van der Waals surface area contributed by atoms with E-state index in [2.05, 4.69) is 4.98 Å². The van der Waals surface area contributed by atoms with Gasteiger partial charge in [-0.25, -0.2) is 9.37 Å². The van der Waals surface area contributed by atoms with Gasteiger partial charge in [-0.2, -0.15) is 0 Å². The average molecular weight is 241 g/mol. The molecule has 0 atom stereocenters. The van der Waals surface area contributed by atoms with E-state index >= 15 is 0 Å². The van der Waals surface area contributed by atoms with Gasteiger partial charge in [-0.15, -0.1) is 0 Å². The monoisotopic (exact) mass is 241 g/mol. The zero-order chi connectivity index (χ0) is 12.5. The molecule has 4 heteroatoms. The fourth-order valence-electron chi connectivity index (χ4n) is 1.99. The predicted molar refractivity (Wildman–Crippen MR) is 68.8 cm³/mol. The topological polar surface area (TPSA) is 43.3 Å². The second-order valence-electron chi connectivity index (χ2n) is 4.26. The second-order valence-corrected chi connectivity index (χ2v) is 4.26. The van der Waals surface area contributed by atoms with E-state index < -0.39 is 0 Å². The van der Waals surface area contributed by atoms with Crippen molar-refractivity contribution in [3.8, 4) is 0 Å². The van der Waals surface area contributed by atoms with Crippen LogP contribution in [0.5, 0.6) is 0 Å². The maximum absolute atomic E-state index is 13.1. The first-order valence-electron chi connectivity index (χ1n) is 5.68. The maximum atomic E-state index is 13.1. The zero-order valence-corrected chi connectivity index (χ0v) is 9.68. The second kappa shape index (κ2) is 4.14. The number of nitrogens with two attached hydrogens (primary N) is 1. The molecule has 0 bridgehead atoms. The number of nitrogen functional groups attached to an aromatic ring is 1. The number of imidazole rings is 1. The van der Waals surface area contributed by atoms with Crippen LogP contribution in [0, 0.1) is 5.82 Å². The molecule has 0 aliphatic carbocycles. The number of aromatic nitrogens is 2. The highest BCUT2D eigenvalue weighted by Gasteiger charge is 2.03. The Labute approximate surface area is 104 Å². The highest BCUT2D eigenvalue weighted by Crippen LogP contribution is 2.13. The lowest BCUT2D eigenvalue weighted by Gasteiger charge is -1.97. The van der Waals surface area contributed by atoms with Crippen molar-refractivity contribution in [1.82, 2.24) is 9.38 Å². The minimum Gasteiger partial charge on any atom is -0.399 e. The molecule has 3 aromatic rings. The predicted octanol–water partition coefficient (Wildman–Crippen LogP) is 2.65. The number of nitrogens with zero attached hydrogens (tertiary/aromatic N) is 2. The molecule has 0 aliphatic heterocycles. The SMILES string of the molecule is Nc1ccn2cc(Cc3cccc(F)c3)nc2c1. The van der Waals surface area contributed by atoms with E-state index in [9.17, 15) is 4.39 Å². The van der Waals surface area contributed by atoms with Crippen LogP contribution >= 0.6 is 0 Å². The smallest absolute Gasteiger partial charge is 0.139 e. The van der Waals surface area contributed by atoms with E-state index in [-0.39, 0.29) is 5.82 Å².